The molecule has 1 saturated heterocycles. The molecule has 1 fully saturated rings. The number of primary amides is 1. The van der Waals surface area contributed by atoms with Gasteiger partial charge in [-0.2, -0.15) is 0 Å². The predicted molar refractivity (Wildman–Crippen MR) is 125 cm³/mol. The summed E-state index contributed by atoms with van der Waals surface area (Å²) >= 11 is 0. The first kappa shape index (κ1) is 23.8. The molecular weight excluding hydrogens is 406 g/mol. The molecule has 8 heteroatoms. The number of carbonyl (C=O) groups is 3. The smallest absolute Gasteiger partial charge is 0.272 e. The summed E-state index contributed by atoms with van der Waals surface area (Å²) in [4.78, 5) is 46.5. The highest BCUT2D eigenvalue weighted by Crippen LogP contribution is 2.27. The molecule has 3 amide bonds. The lowest BCUT2D eigenvalue weighted by Gasteiger charge is -2.26. The first-order valence-electron chi connectivity index (χ1n) is 11.6. The Morgan fingerprint density at radius 3 is 2.44 bits per heavy atom. The monoisotopic (exact) mass is 441 g/mol. The topological polar surface area (TPSA) is 108 Å². The number of aliphatic imine (C=N–C) groups is 1. The van der Waals surface area contributed by atoms with E-state index in [-0.39, 0.29) is 24.2 Å². The van der Waals surface area contributed by atoms with Crippen LogP contribution in [-0.2, 0) is 14.4 Å². The average Bonchev–Trinajstić information content (AvgIpc) is 3.07. The zero-order valence-corrected chi connectivity index (χ0v) is 19.3. The number of fused-ring (bicyclic) bond motifs is 1. The lowest BCUT2D eigenvalue weighted by molar-refractivity contribution is -0.132. The molecule has 0 spiro atoms. The number of hydrogen-bond donors (Lipinski definition) is 2. The van der Waals surface area contributed by atoms with E-state index in [0.29, 0.717) is 6.42 Å². The third-order valence-electron chi connectivity index (χ3n) is 6.08. The molecule has 0 radical (unpaired) electrons. The van der Waals surface area contributed by atoms with Gasteiger partial charge in [0, 0.05) is 38.0 Å². The van der Waals surface area contributed by atoms with Crippen LogP contribution in [0, 0.1) is 11.8 Å². The summed E-state index contributed by atoms with van der Waals surface area (Å²) in [7, 11) is 1.70. The second-order valence-corrected chi connectivity index (χ2v) is 9.18. The number of carbonyl (C=O) groups excluding carboxylic acids is 3. The van der Waals surface area contributed by atoms with Crippen molar-refractivity contribution in [1.29, 1.82) is 0 Å². The maximum Gasteiger partial charge on any atom is 0.272 e. The van der Waals surface area contributed by atoms with Crippen molar-refractivity contribution in [2.24, 2.45) is 22.6 Å². The van der Waals surface area contributed by atoms with Crippen LogP contribution in [0.5, 0.6) is 0 Å². The number of likely N-dealkylation sites (N-methyl/N-ethyl adjacent to an activating group) is 1. The van der Waals surface area contributed by atoms with Gasteiger partial charge in [0.2, 0.25) is 18.0 Å². The van der Waals surface area contributed by atoms with E-state index >= 15 is 0 Å². The van der Waals surface area contributed by atoms with E-state index in [0.717, 1.165) is 43.0 Å². The van der Waals surface area contributed by atoms with Crippen LogP contribution in [-0.4, -0.2) is 54.8 Å². The predicted octanol–water partition coefficient (Wildman–Crippen LogP) is 2.27. The van der Waals surface area contributed by atoms with Crippen LogP contribution in [0.3, 0.4) is 0 Å². The van der Waals surface area contributed by atoms with Crippen molar-refractivity contribution in [3.63, 3.8) is 0 Å². The van der Waals surface area contributed by atoms with Gasteiger partial charge in [-0.1, -0.05) is 38.8 Å². The van der Waals surface area contributed by atoms with E-state index in [1.165, 1.54) is 12.8 Å². The largest absolute Gasteiger partial charge is 0.370 e. The number of benzodiazepines with no additional fused rings is 1. The van der Waals surface area contributed by atoms with Crippen LogP contribution >= 0.6 is 0 Å². The molecule has 8 nitrogen and oxygen atoms in total. The van der Waals surface area contributed by atoms with Crippen LogP contribution in [0.1, 0.15) is 57.9 Å². The standard InChI is InChI=1S/C24H35N5O3/c1-16(2)14-17(15-20(25)30)23(31)27-21-24(32)28(3)19-11-7-6-10-18(19)22(26-21)29-12-8-4-5-9-13-29/h6-7,10-11,16-17,21H,4-5,8-9,12-15H2,1-3H3,(H2,25,30)(H,27,31). The van der Waals surface area contributed by atoms with Crippen LogP contribution in [0.4, 0.5) is 5.69 Å². The second-order valence-electron chi connectivity index (χ2n) is 9.18. The maximum absolute atomic E-state index is 13.3. The van der Waals surface area contributed by atoms with Crippen LogP contribution < -0.4 is 16.0 Å². The molecule has 0 aromatic heterocycles. The van der Waals surface area contributed by atoms with Gasteiger partial charge in [-0.05, 0) is 37.3 Å². The molecule has 2 heterocycles. The van der Waals surface area contributed by atoms with Crippen LogP contribution in [0.2, 0.25) is 0 Å². The van der Waals surface area contributed by atoms with Gasteiger partial charge in [-0.3, -0.25) is 14.4 Å². The van der Waals surface area contributed by atoms with E-state index in [1.807, 2.05) is 38.1 Å². The summed E-state index contributed by atoms with van der Waals surface area (Å²) in [5.41, 5.74) is 7.04. The molecule has 32 heavy (non-hydrogen) atoms. The van der Waals surface area contributed by atoms with Crippen molar-refractivity contribution < 1.29 is 14.4 Å². The quantitative estimate of drug-likeness (QED) is 0.706. The zero-order valence-electron chi connectivity index (χ0n) is 19.3. The van der Waals surface area contributed by atoms with Gasteiger partial charge in [0.15, 0.2) is 0 Å². The molecule has 2 aliphatic rings. The summed E-state index contributed by atoms with van der Waals surface area (Å²) in [6, 6.07) is 7.71. The average molecular weight is 442 g/mol. The molecule has 2 unspecified atom stereocenters. The zero-order chi connectivity index (χ0) is 23.3. The number of nitrogens with one attached hydrogen (secondary N) is 1. The number of hydrogen-bond acceptors (Lipinski definition) is 5. The van der Waals surface area contributed by atoms with E-state index in [9.17, 15) is 14.4 Å². The first-order valence-corrected chi connectivity index (χ1v) is 11.6. The molecule has 2 aliphatic heterocycles. The molecule has 0 aliphatic carbocycles. The molecule has 0 bridgehead atoms. The van der Waals surface area contributed by atoms with Gasteiger partial charge >= 0.3 is 0 Å². The van der Waals surface area contributed by atoms with E-state index in [4.69, 9.17) is 10.7 Å². The third-order valence-corrected chi connectivity index (χ3v) is 6.08. The Balaban J connectivity index is 1.95. The van der Waals surface area contributed by atoms with Crippen LogP contribution in [0.15, 0.2) is 29.3 Å². The molecule has 0 saturated carbocycles. The second kappa shape index (κ2) is 10.6. The Labute approximate surface area is 190 Å². The highest BCUT2D eigenvalue weighted by molar-refractivity contribution is 6.12. The molecule has 2 atom stereocenters. The van der Waals surface area contributed by atoms with Gasteiger partial charge in [-0.15, -0.1) is 0 Å². The fourth-order valence-electron chi connectivity index (χ4n) is 4.48. The lowest BCUT2D eigenvalue weighted by atomic mass is 9.93. The number of rotatable bonds is 6. The van der Waals surface area contributed by atoms with Gasteiger partial charge in [0.05, 0.1) is 5.69 Å². The number of para-hydroxylation sites is 1. The van der Waals surface area contributed by atoms with Crippen molar-refractivity contribution in [2.45, 2.75) is 58.5 Å². The summed E-state index contributed by atoms with van der Waals surface area (Å²) in [6.07, 6.45) is 3.88. The Hall–Kier alpha value is -2.90. The molecule has 3 rings (SSSR count). The maximum atomic E-state index is 13.3. The fourth-order valence-corrected chi connectivity index (χ4v) is 4.48. The van der Waals surface area contributed by atoms with E-state index in [2.05, 4.69) is 10.2 Å². The van der Waals surface area contributed by atoms with Gasteiger partial charge < -0.3 is 20.9 Å². The minimum absolute atomic E-state index is 0.0519. The number of nitrogens with two attached hydrogens (primary N) is 1. The number of nitrogens with zero attached hydrogens (tertiary/aromatic N) is 3. The van der Waals surface area contributed by atoms with Gasteiger partial charge in [0.25, 0.3) is 5.91 Å². The van der Waals surface area contributed by atoms with E-state index < -0.39 is 18.0 Å². The molecule has 3 N–H and O–H groups in total. The SMILES string of the molecule is CC(C)CC(CC(N)=O)C(=O)NC1N=C(N2CCCCCC2)c2ccccc2N(C)C1=O. The Kier molecular flexibility index (Phi) is 7.88. The Morgan fingerprint density at radius 2 is 1.81 bits per heavy atom. The van der Waals surface area contributed by atoms with Gasteiger partial charge in [-0.25, -0.2) is 4.99 Å². The normalized spacial score (nSPS) is 20.2. The van der Waals surface area contributed by atoms with Crippen molar-refractivity contribution in [3.8, 4) is 0 Å². The number of likely N-dealkylation sites (tertiary alicyclic amines) is 1. The lowest BCUT2D eigenvalue weighted by Crippen LogP contribution is -2.48. The number of amides is 3. The molecule has 1 aromatic rings. The molecular formula is C24H35N5O3. The Bertz CT molecular complexity index is 874. The summed E-state index contributed by atoms with van der Waals surface area (Å²) in [6.45, 7) is 5.70. The number of benzene rings is 1. The number of anilines is 1. The van der Waals surface area contributed by atoms with Gasteiger partial charge in [0.1, 0.15) is 5.84 Å². The van der Waals surface area contributed by atoms with Crippen molar-refractivity contribution >= 4 is 29.2 Å². The minimum Gasteiger partial charge on any atom is -0.370 e. The van der Waals surface area contributed by atoms with Crippen molar-refractivity contribution in [1.82, 2.24) is 10.2 Å². The summed E-state index contributed by atoms with van der Waals surface area (Å²) in [5.74, 6) is -0.852. The summed E-state index contributed by atoms with van der Waals surface area (Å²) in [5, 5.41) is 2.82. The first-order chi connectivity index (χ1) is 15.3. The highest BCUT2D eigenvalue weighted by Gasteiger charge is 2.34. The Morgan fingerprint density at radius 1 is 1.16 bits per heavy atom. The van der Waals surface area contributed by atoms with Crippen molar-refractivity contribution in [2.75, 3.05) is 25.0 Å². The summed E-state index contributed by atoms with van der Waals surface area (Å²) < 4.78 is 0. The fraction of sp³-hybridized carbons (Fsp3) is 0.583. The molecule has 174 valence electrons. The van der Waals surface area contributed by atoms with Crippen molar-refractivity contribution in [3.05, 3.63) is 29.8 Å². The molecule has 1 aromatic carbocycles. The third kappa shape index (κ3) is 5.66. The highest BCUT2D eigenvalue weighted by atomic mass is 16.2. The van der Waals surface area contributed by atoms with Crippen LogP contribution in [0.25, 0.3) is 0 Å². The number of amidine groups is 1. The minimum atomic E-state index is -1.05. The van der Waals surface area contributed by atoms with E-state index in [1.54, 1.807) is 11.9 Å².